The average molecular weight is 428 g/mol. The Morgan fingerprint density at radius 1 is 0.926 bits per heavy atom. The Morgan fingerprint density at radius 2 is 1.59 bits per heavy atom. The molecular weight excluding hydrogens is 406 g/mol. The molecule has 1 amide bonds. The van der Waals surface area contributed by atoms with E-state index in [-0.39, 0.29) is 5.91 Å². The second-order valence-corrected chi connectivity index (χ2v) is 8.59. The maximum atomic E-state index is 13.3. The Bertz CT molecular complexity index is 852. The summed E-state index contributed by atoms with van der Waals surface area (Å²) in [4.78, 5) is 15.4. The fraction of sp³-hybridized carbons (Fsp3) is 0.409. The zero-order valence-corrected chi connectivity index (χ0v) is 16.7. The van der Waals surface area contributed by atoms with E-state index in [0.717, 1.165) is 35.9 Å². The number of fused-ring (bicyclic) bond motifs is 3. The lowest BCUT2D eigenvalue weighted by molar-refractivity contribution is 0.0570. The summed E-state index contributed by atoms with van der Waals surface area (Å²) in [6, 6.07) is 14.9. The van der Waals surface area contributed by atoms with Crippen LogP contribution < -0.4 is 9.47 Å². The summed E-state index contributed by atoms with van der Waals surface area (Å²) in [5, 5.41) is 0. The quantitative estimate of drug-likeness (QED) is 0.692. The second kappa shape index (κ2) is 6.86. The Hall–Kier alpha value is -2.01. The van der Waals surface area contributed by atoms with Crippen LogP contribution in [0, 0.1) is 0 Å². The van der Waals surface area contributed by atoms with E-state index in [4.69, 9.17) is 9.47 Å². The van der Waals surface area contributed by atoms with Crippen molar-refractivity contribution in [2.24, 2.45) is 0 Å². The molecule has 0 N–H and O–H groups in total. The van der Waals surface area contributed by atoms with Gasteiger partial charge in [0.25, 0.3) is 5.91 Å². The molecule has 2 aromatic rings. The summed E-state index contributed by atoms with van der Waals surface area (Å²) < 4.78 is 12.3. The van der Waals surface area contributed by atoms with Crippen molar-refractivity contribution in [3.8, 4) is 11.5 Å². The first kappa shape index (κ1) is 17.1. The van der Waals surface area contributed by atoms with Crippen LogP contribution >= 0.6 is 15.9 Å². The van der Waals surface area contributed by atoms with Gasteiger partial charge in [-0.25, -0.2) is 0 Å². The number of ether oxygens (including phenoxy) is 2. The van der Waals surface area contributed by atoms with Crippen molar-refractivity contribution >= 4 is 21.8 Å². The van der Waals surface area contributed by atoms with Gasteiger partial charge < -0.3 is 14.4 Å². The van der Waals surface area contributed by atoms with E-state index in [1.54, 1.807) is 0 Å². The van der Waals surface area contributed by atoms with E-state index in [9.17, 15) is 4.79 Å². The molecule has 0 spiro atoms. The van der Waals surface area contributed by atoms with Crippen LogP contribution in [0.1, 0.15) is 47.5 Å². The van der Waals surface area contributed by atoms with Crippen LogP contribution in [-0.2, 0) is 0 Å². The molecule has 27 heavy (non-hydrogen) atoms. The minimum Gasteiger partial charge on any atom is -0.486 e. The summed E-state index contributed by atoms with van der Waals surface area (Å²) in [6.45, 7) is 1.10. The number of amides is 1. The molecule has 140 valence electrons. The standard InChI is InChI=1S/C22H22BrNO3/c23-17-4-1-14(2-5-17)16-11-18-6-7-19(12-16)24(18)22(25)15-3-8-20-21(13-15)27-10-9-26-20/h1-5,8,13,16,18-19H,6-7,9-12H2/t16?,18-,19+. The number of carbonyl (C=O) groups excluding carboxylic acids is 1. The Labute approximate surface area is 167 Å². The van der Waals surface area contributed by atoms with Crippen LogP contribution in [0.4, 0.5) is 0 Å². The van der Waals surface area contributed by atoms with Crippen LogP contribution in [0.3, 0.4) is 0 Å². The van der Waals surface area contributed by atoms with Crippen LogP contribution in [0.5, 0.6) is 11.5 Å². The monoisotopic (exact) mass is 427 g/mol. The van der Waals surface area contributed by atoms with Crippen molar-refractivity contribution in [3.05, 3.63) is 58.1 Å². The molecule has 0 radical (unpaired) electrons. The van der Waals surface area contributed by atoms with Gasteiger partial charge in [0.1, 0.15) is 13.2 Å². The molecule has 2 fully saturated rings. The topological polar surface area (TPSA) is 38.8 Å². The molecule has 2 saturated heterocycles. The molecule has 5 rings (SSSR count). The third kappa shape index (κ3) is 3.12. The molecule has 1 unspecified atom stereocenters. The maximum Gasteiger partial charge on any atom is 0.254 e. The smallest absolute Gasteiger partial charge is 0.254 e. The van der Waals surface area contributed by atoms with Crippen LogP contribution in [0.25, 0.3) is 0 Å². The van der Waals surface area contributed by atoms with Gasteiger partial charge in [0.15, 0.2) is 11.5 Å². The first-order valence-corrected chi connectivity index (χ1v) is 10.5. The summed E-state index contributed by atoms with van der Waals surface area (Å²) in [5.41, 5.74) is 2.10. The van der Waals surface area contributed by atoms with E-state index in [0.29, 0.717) is 42.5 Å². The number of rotatable bonds is 2. The zero-order valence-electron chi connectivity index (χ0n) is 15.1. The normalized spacial score (nSPS) is 26.1. The van der Waals surface area contributed by atoms with Crippen molar-refractivity contribution < 1.29 is 14.3 Å². The van der Waals surface area contributed by atoms with E-state index in [1.807, 2.05) is 18.2 Å². The number of benzene rings is 2. The fourth-order valence-corrected chi connectivity index (χ4v) is 5.11. The first-order chi connectivity index (χ1) is 13.2. The van der Waals surface area contributed by atoms with E-state index in [1.165, 1.54) is 5.56 Å². The van der Waals surface area contributed by atoms with Crippen LogP contribution in [-0.4, -0.2) is 36.1 Å². The Morgan fingerprint density at radius 3 is 2.30 bits per heavy atom. The Balaban J connectivity index is 1.36. The number of hydrogen-bond donors (Lipinski definition) is 0. The highest BCUT2D eigenvalue weighted by molar-refractivity contribution is 9.10. The zero-order chi connectivity index (χ0) is 18.4. The van der Waals surface area contributed by atoms with Gasteiger partial charge >= 0.3 is 0 Å². The molecule has 2 aromatic carbocycles. The predicted molar refractivity (Wildman–Crippen MR) is 107 cm³/mol. The number of halogens is 1. The first-order valence-electron chi connectivity index (χ1n) is 9.67. The van der Waals surface area contributed by atoms with Crippen molar-refractivity contribution in [1.29, 1.82) is 0 Å². The average Bonchev–Trinajstić information content (AvgIpc) is 2.97. The maximum absolute atomic E-state index is 13.3. The lowest BCUT2D eigenvalue weighted by atomic mass is 9.85. The highest BCUT2D eigenvalue weighted by atomic mass is 79.9. The minimum atomic E-state index is 0.133. The predicted octanol–water partition coefficient (Wildman–Crippen LogP) is 4.77. The minimum absolute atomic E-state index is 0.133. The summed E-state index contributed by atoms with van der Waals surface area (Å²) in [5.74, 6) is 2.09. The molecule has 5 heteroatoms. The number of nitrogens with zero attached hydrogens (tertiary/aromatic N) is 1. The van der Waals surface area contributed by atoms with E-state index < -0.39 is 0 Å². The van der Waals surface area contributed by atoms with Crippen LogP contribution in [0.15, 0.2) is 46.9 Å². The fourth-order valence-electron chi connectivity index (χ4n) is 4.84. The summed E-state index contributed by atoms with van der Waals surface area (Å²) in [6.07, 6.45) is 4.31. The number of piperidine rings is 1. The summed E-state index contributed by atoms with van der Waals surface area (Å²) >= 11 is 3.51. The number of carbonyl (C=O) groups is 1. The SMILES string of the molecule is O=C(c1ccc2c(c1)OCCO2)N1[C@@H]2CC[C@H]1CC(c1ccc(Br)cc1)C2. The third-order valence-electron chi connectivity index (χ3n) is 6.10. The van der Waals surface area contributed by atoms with Crippen molar-refractivity contribution in [3.63, 3.8) is 0 Å². The highest BCUT2D eigenvalue weighted by Gasteiger charge is 2.43. The van der Waals surface area contributed by atoms with Gasteiger partial charge in [-0.15, -0.1) is 0 Å². The van der Waals surface area contributed by atoms with Gasteiger partial charge in [-0.1, -0.05) is 28.1 Å². The molecule has 2 bridgehead atoms. The summed E-state index contributed by atoms with van der Waals surface area (Å²) in [7, 11) is 0. The molecule has 3 aliphatic rings. The van der Waals surface area contributed by atoms with Gasteiger partial charge in [-0.2, -0.15) is 0 Å². The number of hydrogen-bond acceptors (Lipinski definition) is 3. The molecule has 4 nitrogen and oxygen atoms in total. The molecule has 0 aromatic heterocycles. The molecule has 3 atom stereocenters. The Kier molecular flexibility index (Phi) is 4.35. The third-order valence-corrected chi connectivity index (χ3v) is 6.63. The van der Waals surface area contributed by atoms with Gasteiger partial charge in [-0.05, 0) is 67.5 Å². The lowest BCUT2D eigenvalue weighted by Crippen LogP contribution is -2.46. The largest absolute Gasteiger partial charge is 0.486 e. The van der Waals surface area contributed by atoms with Gasteiger partial charge in [0.05, 0.1) is 0 Å². The van der Waals surface area contributed by atoms with E-state index in [2.05, 4.69) is 45.1 Å². The van der Waals surface area contributed by atoms with Crippen molar-refractivity contribution in [2.45, 2.75) is 43.7 Å². The van der Waals surface area contributed by atoms with Gasteiger partial charge in [0, 0.05) is 22.1 Å². The molecule has 3 aliphatic heterocycles. The lowest BCUT2D eigenvalue weighted by Gasteiger charge is -2.39. The molecule has 0 saturated carbocycles. The molecular formula is C22H22BrNO3. The molecule has 3 heterocycles. The highest BCUT2D eigenvalue weighted by Crippen LogP contribution is 2.44. The van der Waals surface area contributed by atoms with Gasteiger partial charge in [0.2, 0.25) is 0 Å². The second-order valence-electron chi connectivity index (χ2n) is 7.68. The van der Waals surface area contributed by atoms with Crippen molar-refractivity contribution in [1.82, 2.24) is 4.90 Å². The molecule has 0 aliphatic carbocycles. The van der Waals surface area contributed by atoms with Crippen molar-refractivity contribution in [2.75, 3.05) is 13.2 Å². The van der Waals surface area contributed by atoms with E-state index >= 15 is 0 Å². The van der Waals surface area contributed by atoms with Gasteiger partial charge in [-0.3, -0.25) is 4.79 Å². The van der Waals surface area contributed by atoms with Crippen LogP contribution in [0.2, 0.25) is 0 Å².